The van der Waals surface area contributed by atoms with E-state index in [9.17, 15) is 4.79 Å². The lowest BCUT2D eigenvalue weighted by Crippen LogP contribution is -2.43. The molecule has 3 nitrogen and oxygen atoms in total. The smallest absolute Gasteiger partial charge is 0.238 e. The third kappa shape index (κ3) is 4.25. The molecule has 2 rings (SSSR count). The highest BCUT2D eigenvalue weighted by atomic mass is 32.2. The van der Waals surface area contributed by atoms with Crippen molar-refractivity contribution in [3.8, 4) is 0 Å². The van der Waals surface area contributed by atoms with Gasteiger partial charge in [-0.25, -0.2) is 0 Å². The molecule has 1 aromatic rings. The van der Waals surface area contributed by atoms with Gasteiger partial charge in [0, 0.05) is 17.0 Å². The zero-order valence-corrected chi connectivity index (χ0v) is 13.1. The molecule has 1 fully saturated rings. The van der Waals surface area contributed by atoms with E-state index in [0.717, 1.165) is 11.3 Å². The van der Waals surface area contributed by atoms with Crippen LogP contribution in [0.3, 0.4) is 0 Å². The summed E-state index contributed by atoms with van der Waals surface area (Å²) in [4.78, 5) is 12.0. The van der Waals surface area contributed by atoms with Gasteiger partial charge in [0.2, 0.25) is 5.91 Å². The van der Waals surface area contributed by atoms with Crippen LogP contribution in [0.15, 0.2) is 24.3 Å². The molecule has 2 unspecified atom stereocenters. The molecule has 4 heteroatoms. The monoisotopic (exact) mass is 292 g/mol. The maximum absolute atomic E-state index is 12.0. The largest absolute Gasteiger partial charge is 0.325 e. The Morgan fingerprint density at radius 1 is 1.30 bits per heavy atom. The van der Waals surface area contributed by atoms with E-state index < -0.39 is 0 Å². The Bertz CT molecular complexity index is 450. The SMILES string of the molecule is CSC1CCCCC1NCC(=O)Nc1ccccc1C. The summed E-state index contributed by atoms with van der Waals surface area (Å²) in [5, 5.41) is 7.05. The van der Waals surface area contributed by atoms with E-state index in [0.29, 0.717) is 17.8 Å². The quantitative estimate of drug-likeness (QED) is 0.875. The number of nitrogens with one attached hydrogen (secondary N) is 2. The Morgan fingerprint density at radius 3 is 2.80 bits per heavy atom. The Balaban J connectivity index is 1.81. The zero-order valence-electron chi connectivity index (χ0n) is 12.3. The second-order valence-electron chi connectivity index (χ2n) is 5.41. The fraction of sp³-hybridized carbons (Fsp3) is 0.562. The average molecular weight is 292 g/mol. The van der Waals surface area contributed by atoms with E-state index >= 15 is 0 Å². The van der Waals surface area contributed by atoms with E-state index in [2.05, 4.69) is 16.9 Å². The van der Waals surface area contributed by atoms with Crippen molar-refractivity contribution in [3.05, 3.63) is 29.8 Å². The van der Waals surface area contributed by atoms with E-state index in [1.54, 1.807) is 0 Å². The summed E-state index contributed by atoms with van der Waals surface area (Å²) < 4.78 is 0. The fourth-order valence-corrected chi connectivity index (χ4v) is 3.71. The van der Waals surface area contributed by atoms with Crippen molar-refractivity contribution in [3.63, 3.8) is 0 Å². The minimum atomic E-state index is 0.0460. The van der Waals surface area contributed by atoms with E-state index in [1.807, 2.05) is 43.0 Å². The standard InChI is InChI=1S/C16H24N2OS/c1-12-7-3-4-8-13(12)18-16(19)11-17-14-9-5-6-10-15(14)20-2/h3-4,7-8,14-15,17H,5-6,9-11H2,1-2H3,(H,18,19). The molecule has 0 spiro atoms. The van der Waals surface area contributed by atoms with Gasteiger partial charge in [0.05, 0.1) is 6.54 Å². The first-order valence-electron chi connectivity index (χ1n) is 7.32. The van der Waals surface area contributed by atoms with Crippen LogP contribution in [0.1, 0.15) is 31.2 Å². The first-order valence-corrected chi connectivity index (χ1v) is 8.61. The number of anilines is 1. The fourth-order valence-electron chi connectivity index (χ4n) is 2.74. The second-order valence-corrected chi connectivity index (χ2v) is 6.49. The van der Waals surface area contributed by atoms with Gasteiger partial charge in [-0.05, 0) is 37.7 Å². The number of hydrogen-bond donors (Lipinski definition) is 2. The number of amides is 1. The number of carbonyl (C=O) groups excluding carboxylic acids is 1. The Morgan fingerprint density at radius 2 is 2.05 bits per heavy atom. The van der Waals surface area contributed by atoms with Crippen molar-refractivity contribution in [2.45, 2.75) is 43.9 Å². The number of rotatable bonds is 5. The van der Waals surface area contributed by atoms with Gasteiger partial charge < -0.3 is 10.6 Å². The highest BCUT2D eigenvalue weighted by Crippen LogP contribution is 2.27. The molecule has 1 aliphatic carbocycles. The number of aryl methyl sites for hydroxylation is 1. The van der Waals surface area contributed by atoms with Crippen LogP contribution in [0.5, 0.6) is 0 Å². The summed E-state index contributed by atoms with van der Waals surface area (Å²) in [6, 6.07) is 8.35. The molecule has 0 aliphatic heterocycles. The summed E-state index contributed by atoms with van der Waals surface area (Å²) in [5.74, 6) is 0.0460. The van der Waals surface area contributed by atoms with Gasteiger partial charge in [-0.1, -0.05) is 31.0 Å². The number of benzene rings is 1. The first kappa shape index (κ1) is 15.4. The molecule has 2 N–H and O–H groups in total. The molecule has 0 saturated heterocycles. The molecular formula is C16H24N2OS. The van der Waals surface area contributed by atoms with Crippen molar-refractivity contribution in [2.24, 2.45) is 0 Å². The number of hydrogen-bond acceptors (Lipinski definition) is 3. The van der Waals surface area contributed by atoms with E-state index in [4.69, 9.17) is 0 Å². The van der Waals surface area contributed by atoms with Crippen LogP contribution in [0.4, 0.5) is 5.69 Å². The van der Waals surface area contributed by atoms with Crippen LogP contribution in [-0.4, -0.2) is 30.0 Å². The highest BCUT2D eigenvalue weighted by Gasteiger charge is 2.24. The topological polar surface area (TPSA) is 41.1 Å². The van der Waals surface area contributed by atoms with E-state index in [1.165, 1.54) is 25.7 Å². The van der Waals surface area contributed by atoms with E-state index in [-0.39, 0.29) is 5.91 Å². The molecule has 1 saturated carbocycles. The predicted octanol–water partition coefficient (Wildman–Crippen LogP) is 3.20. The summed E-state index contributed by atoms with van der Waals surface area (Å²) in [6.07, 6.45) is 7.20. The molecule has 0 heterocycles. The minimum Gasteiger partial charge on any atom is -0.325 e. The van der Waals surface area contributed by atoms with Crippen molar-refractivity contribution < 1.29 is 4.79 Å². The van der Waals surface area contributed by atoms with Crippen LogP contribution in [0.2, 0.25) is 0 Å². The molecule has 1 amide bonds. The van der Waals surface area contributed by atoms with Crippen LogP contribution in [0, 0.1) is 6.92 Å². The molecule has 110 valence electrons. The van der Waals surface area contributed by atoms with Crippen LogP contribution in [-0.2, 0) is 4.79 Å². The number of carbonyl (C=O) groups is 1. The van der Waals surface area contributed by atoms with Crippen molar-refractivity contribution in [1.29, 1.82) is 0 Å². The van der Waals surface area contributed by atoms with Crippen LogP contribution >= 0.6 is 11.8 Å². The van der Waals surface area contributed by atoms with Gasteiger partial charge in [-0.2, -0.15) is 11.8 Å². The number of para-hydroxylation sites is 1. The first-order chi connectivity index (χ1) is 9.70. The van der Waals surface area contributed by atoms with Gasteiger partial charge >= 0.3 is 0 Å². The highest BCUT2D eigenvalue weighted by molar-refractivity contribution is 7.99. The average Bonchev–Trinajstić information content (AvgIpc) is 2.48. The van der Waals surface area contributed by atoms with Crippen molar-refractivity contribution in [2.75, 3.05) is 18.1 Å². The summed E-state index contributed by atoms with van der Waals surface area (Å²) in [5.41, 5.74) is 2.00. The minimum absolute atomic E-state index is 0.0460. The molecular weight excluding hydrogens is 268 g/mol. The molecule has 1 aliphatic rings. The lowest BCUT2D eigenvalue weighted by molar-refractivity contribution is -0.115. The van der Waals surface area contributed by atoms with Gasteiger partial charge in [0.15, 0.2) is 0 Å². The Kier molecular flexibility index (Phi) is 5.92. The summed E-state index contributed by atoms with van der Waals surface area (Å²) >= 11 is 1.92. The van der Waals surface area contributed by atoms with Crippen LogP contribution in [0.25, 0.3) is 0 Å². The number of thioether (sulfide) groups is 1. The second kappa shape index (κ2) is 7.70. The predicted molar refractivity (Wildman–Crippen MR) is 87.4 cm³/mol. The molecule has 20 heavy (non-hydrogen) atoms. The lowest BCUT2D eigenvalue weighted by Gasteiger charge is -2.30. The van der Waals surface area contributed by atoms with Crippen LogP contribution < -0.4 is 10.6 Å². The normalized spacial score (nSPS) is 22.5. The van der Waals surface area contributed by atoms with Gasteiger partial charge in [-0.3, -0.25) is 4.79 Å². The molecule has 0 radical (unpaired) electrons. The third-order valence-electron chi connectivity index (χ3n) is 3.95. The molecule has 0 bridgehead atoms. The molecule has 0 aromatic heterocycles. The summed E-state index contributed by atoms with van der Waals surface area (Å²) in [7, 11) is 0. The van der Waals surface area contributed by atoms with Crippen molar-refractivity contribution in [1.82, 2.24) is 5.32 Å². The Hall–Kier alpha value is -1.00. The van der Waals surface area contributed by atoms with Gasteiger partial charge in [-0.15, -0.1) is 0 Å². The zero-order chi connectivity index (χ0) is 14.4. The lowest BCUT2D eigenvalue weighted by atomic mass is 9.95. The van der Waals surface area contributed by atoms with Gasteiger partial charge in [0.1, 0.15) is 0 Å². The third-order valence-corrected chi connectivity index (χ3v) is 5.12. The van der Waals surface area contributed by atoms with Crippen molar-refractivity contribution >= 4 is 23.4 Å². The maximum atomic E-state index is 12.0. The molecule has 1 aromatic carbocycles. The molecule has 2 atom stereocenters. The Labute approximate surface area is 125 Å². The summed E-state index contributed by atoms with van der Waals surface area (Å²) in [6.45, 7) is 2.41. The maximum Gasteiger partial charge on any atom is 0.238 e. The van der Waals surface area contributed by atoms with Gasteiger partial charge in [0.25, 0.3) is 0 Å².